The molecule has 0 saturated heterocycles. The van der Waals surface area contributed by atoms with Crippen LogP contribution in [0.3, 0.4) is 0 Å². The molecule has 16 heavy (non-hydrogen) atoms. The van der Waals surface area contributed by atoms with E-state index in [4.69, 9.17) is 16.9 Å². The monoisotopic (exact) mass is 250 g/mol. The van der Waals surface area contributed by atoms with Crippen LogP contribution in [0, 0.1) is 11.3 Å². The maximum atomic E-state index is 9.49. The summed E-state index contributed by atoms with van der Waals surface area (Å²) >= 11 is 6.86. The number of rotatable bonds is 2. The number of aliphatic hydroxyl groups excluding tert-OH is 1. The van der Waals surface area contributed by atoms with Crippen molar-refractivity contribution in [3.05, 3.63) is 35.0 Å². The van der Waals surface area contributed by atoms with Crippen LogP contribution < -0.4 is 0 Å². The highest BCUT2D eigenvalue weighted by molar-refractivity contribution is 7.19. The molecule has 0 aliphatic carbocycles. The second kappa shape index (κ2) is 4.52. The van der Waals surface area contributed by atoms with Crippen molar-refractivity contribution in [1.82, 2.24) is 4.98 Å². The Morgan fingerprint density at radius 3 is 2.88 bits per heavy atom. The number of alkyl halides is 1. The Morgan fingerprint density at radius 1 is 1.50 bits per heavy atom. The van der Waals surface area contributed by atoms with Gasteiger partial charge in [0.25, 0.3) is 0 Å². The molecule has 0 bridgehead atoms. The van der Waals surface area contributed by atoms with E-state index in [9.17, 15) is 5.11 Å². The van der Waals surface area contributed by atoms with Crippen LogP contribution in [0.2, 0.25) is 0 Å². The number of hydrogen-bond donors (Lipinski definition) is 1. The average Bonchev–Trinajstić information content (AvgIpc) is 2.72. The van der Waals surface area contributed by atoms with Gasteiger partial charge in [-0.15, -0.1) is 22.9 Å². The summed E-state index contributed by atoms with van der Waals surface area (Å²) in [4.78, 5) is 4.27. The first-order valence-corrected chi connectivity index (χ1v) is 5.85. The van der Waals surface area contributed by atoms with Crippen molar-refractivity contribution in [2.75, 3.05) is 5.88 Å². The highest BCUT2D eigenvalue weighted by atomic mass is 35.5. The minimum Gasteiger partial charge on any atom is -0.510 e. The normalized spacial score (nSPS) is 12.2. The van der Waals surface area contributed by atoms with E-state index in [1.165, 1.54) is 11.3 Å². The molecular formula is C11H7ClN2OS. The standard InChI is InChI=1S/C11H7ClN2OS/c12-5-9(15)7(6-13)11-14-8-3-1-2-4-10(8)16-11/h1-4,15H,5H2/b9-7+. The van der Waals surface area contributed by atoms with Crippen molar-refractivity contribution >= 4 is 38.7 Å². The lowest BCUT2D eigenvalue weighted by molar-refractivity contribution is 0.420. The molecule has 3 nitrogen and oxygen atoms in total. The molecule has 5 heteroatoms. The first-order chi connectivity index (χ1) is 7.76. The molecule has 80 valence electrons. The molecule has 0 unspecified atom stereocenters. The molecule has 2 aromatic rings. The number of benzene rings is 1. The number of aliphatic hydroxyl groups is 1. The van der Waals surface area contributed by atoms with Crippen LogP contribution >= 0.6 is 22.9 Å². The molecule has 0 aliphatic rings. The number of halogens is 1. The first-order valence-electron chi connectivity index (χ1n) is 4.50. The van der Waals surface area contributed by atoms with Crippen molar-refractivity contribution in [3.63, 3.8) is 0 Å². The quantitative estimate of drug-likeness (QED) is 0.505. The summed E-state index contributed by atoms with van der Waals surface area (Å²) < 4.78 is 0.979. The van der Waals surface area contributed by atoms with E-state index in [0.29, 0.717) is 5.01 Å². The molecular weight excluding hydrogens is 244 g/mol. The summed E-state index contributed by atoms with van der Waals surface area (Å²) in [6.45, 7) is 0. The molecule has 0 radical (unpaired) electrons. The van der Waals surface area contributed by atoms with Gasteiger partial charge in [-0.25, -0.2) is 4.98 Å². The Kier molecular flexibility index (Phi) is 3.09. The SMILES string of the molecule is N#C/C(=C(\O)CCl)c1nc2ccccc2s1. The number of nitrogens with zero attached hydrogens (tertiary/aromatic N) is 2. The minimum absolute atomic E-state index is 0.0845. The highest BCUT2D eigenvalue weighted by Crippen LogP contribution is 2.28. The van der Waals surface area contributed by atoms with Crippen LogP contribution in [0.5, 0.6) is 0 Å². The van der Waals surface area contributed by atoms with E-state index in [1.807, 2.05) is 30.3 Å². The Morgan fingerprint density at radius 2 is 2.25 bits per heavy atom. The topological polar surface area (TPSA) is 56.9 Å². The Labute approximate surface area is 101 Å². The maximum Gasteiger partial charge on any atom is 0.138 e. The van der Waals surface area contributed by atoms with Gasteiger partial charge in [0, 0.05) is 0 Å². The lowest BCUT2D eigenvalue weighted by atomic mass is 10.2. The molecule has 0 amide bonds. The summed E-state index contributed by atoms with van der Waals surface area (Å²) in [5, 5.41) is 18.9. The molecule has 1 N–H and O–H groups in total. The predicted octanol–water partition coefficient (Wildman–Crippen LogP) is 3.33. The molecule has 0 fully saturated rings. The second-order valence-corrected chi connectivity index (χ2v) is 4.35. The van der Waals surface area contributed by atoms with Gasteiger partial charge >= 0.3 is 0 Å². The van der Waals surface area contributed by atoms with E-state index in [2.05, 4.69) is 4.98 Å². The average molecular weight is 251 g/mol. The number of fused-ring (bicyclic) bond motifs is 1. The fourth-order valence-electron chi connectivity index (χ4n) is 1.28. The zero-order valence-electron chi connectivity index (χ0n) is 8.14. The van der Waals surface area contributed by atoms with Gasteiger partial charge in [-0.05, 0) is 12.1 Å². The van der Waals surface area contributed by atoms with Gasteiger partial charge in [-0.2, -0.15) is 5.26 Å². The van der Waals surface area contributed by atoms with E-state index < -0.39 is 0 Å². The third-order valence-electron chi connectivity index (χ3n) is 2.03. The van der Waals surface area contributed by atoms with Crippen LogP contribution in [0.1, 0.15) is 5.01 Å². The van der Waals surface area contributed by atoms with Crippen molar-refractivity contribution in [3.8, 4) is 6.07 Å². The smallest absolute Gasteiger partial charge is 0.138 e. The third-order valence-corrected chi connectivity index (χ3v) is 3.34. The van der Waals surface area contributed by atoms with E-state index in [0.717, 1.165) is 10.2 Å². The number of nitriles is 1. The van der Waals surface area contributed by atoms with Gasteiger partial charge < -0.3 is 5.11 Å². The molecule has 2 rings (SSSR count). The van der Waals surface area contributed by atoms with Gasteiger partial charge in [0.15, 0.2) is 0 Å². The molecule has 1 aromatic heterocycles. The van der Waals surface area contributed by atoms with Gasteiger partial charge in [-0.1, -0.05) is 12.1 Å². The largest absolute Gasteiger partial charge is 0.510 e. The number of allylic oxidation sites excluding steroid dienone is 2. The molecule has 0 saturated carbocycles. The molecule has 0 aliphatic heterocycles. The number of aromatic nitrogens is 1. The Balaban J connectivity index is 2.60. The van der Waals surface area contributed by atoms with Crippen LogP contribution in [0.4, 0.5) is 0 Å². The van der Waals surface area contributed by atoms with Crippen LogP contribution in [0.25, 0.3) is 15.8 Å². The predicted molar refractivity (Wildman–Crippen MR) is 65.5 cm³/mol. The van der Waals surface area contributed by atoms with E-state index in [-0.39, 0.29) is 17.2 Å². The van der Waals surface area contributed by atoms with Crippen LogP contribution in [-0.2, 0) is 0 Å². The zero-order chi connectivity index (χ0) is 11.5. The molecule has 0 spiro atoms. The fraction of sp³-hybridized carbons (Fsp3) is 0.0909. The van der Waals surface area contributed by atoms with Crippen molar-refractivity contribution in [2.24, 2.45) is 0 Å². The Bertz CT molecular complexity index is 564. The van der Waals surface area contributed by atoms with Crippen LogP contribution in [0.15, 0.2) is 30.0 Å². The maximum absolute atomic E-state index is 9.49. The molecule has 1 heterocycles. The second-order valence-electron chi connectivity index (χ2n) is 3.05. The lowest BCUT2D eigenvalue weighted by Crippen LogP contribution is -1.89. The minimum atomic E-state index is -0.136. The number of thiazole rings is 1. The summed E-state index contributed by atoms with van der Waals surface area (Å²) in [5.41, 5.74) is 0.967. The number of para-hydroxylation sites is 1. The Hall–Kier alpha value is -1.57. The molecule has 1 aromatic carbocycles. The van der Waals surface area contributed by atoms with Crippen LogP contribution in [-0.4, -0.2) is 16.0 Å². The highest BCUT2D eigenvalue weighted by Gasteiger charge is 2.12. The lowest BCUT2D eigenvalue weighted by Gasteiger charge is -1.95. The first kappa shape index (κ1) is 10.9. The fourth-order valence-corrected chi connectivity index (χ4v) is 2.40. The van der Waals surface area contributed by atoms with Crippen molar-refractivity contribution in [2.45, 2.75) is 0 Å². The van der Waals surface area contributed by atoms with Gasteiger partial charge in [-0.3, -0.25) is 0 Å². The van der Waals surface area contributed by atoms with Gasteiger partial charge in [0.05, 0.1) is 16.1 Å². The van der Waals surface area contributed by atoms with Gasteiger partial charge in [0.2, 0.25) is 0 Å². The van der Waals surface area contributed by atoms with E-state index in [1.54, 1.807) is 0 Å². The summed E-state index contributed by atoms with van der Waals surface area (Å²) in [5.74, 6) is -0.220. The third kappa shape index (κ3) is 1.87. The van der Waals surface area contributed by atoms with E-state index >= 15 is 0 Å². The summed E-state index contributed by atoms with van der Waals surface area (Å²) in [6, 6.07) is 9.49. The van der Waals surface area contributed by atoms with Gasteiger partial charge in [0.1, 0.15) is 22.4 Å². The summed E-state index contributed by atoms with van der Waals surface area (Å²) in [7, 11) is 0. The van der Waals surface area contributed by atoms with Crippen molar-refractivity contribution in [1.29, 1.82) is 5.26 Å². The zero-order valence-corrected chi connectivity index (χ0v) is 9.72. The summed E-state index contributed by atoms with van der Waals surface area (Å²) in [6.07, 6.45) is 0. The number of hydrogen-bond acceptors (Lipinski definition) is 4. The van der Waals surface area contributed by atoms with Crippen molar-refractivity contribution < 1.29 is 5.11 Å². The molecule has 0 atom stereocenters.